The van der Waals surface area contributed by atoms with E-state index in [4.69, 9.17) is 4.74 Å². The number of hydrogen-bond donors (Lipinski definition) is 1. The van der Waals surface area contributed by atoms with Gasteiger partial charge in [0.15, 0.2) is 0 Å². The fourth-order valence-electron chi connectivity index (χ4n) is 3.58. The van der Waals surface area contributed by atoms with Crippen LogP contribution < -0.4 is 5.32 Å². The molecule has 106 valence electrons. The predicted molar refractivity (Wildman–Crippen MR) is 75.9 cm³/mol. The molecule has 2 rings (SSSR count). The Morgan fingerprint density at radius 2 is 2.17 bits per heavy atom. The molecule has 3 heteroatoms. The van der Waals surface area contributed by atoms with Crippen LogP contribution in [0, 0.1) is 5.41 Å². The second kappa shape index (κ2) is 5.89. The second-order valence-electron chi connectivity index (χ2n) is 6.28. The molecule has 0 radical (unpaired) electrons. The van der Waals surface area contributed by atoms with Crippen LogP contribution in [0.2, 0.25) is 0 Å². The van der Waals surface area contributed by atoms with E-state index in [0.717, 1.165) is 19.2 Å². The minimum absolute atomic E-state index is 0.340. The Morgan fingerprint density at radius 3 is 2.72 bits per heavy atom. The summed E-state index contributed by atoms with van der Waals surface area (Å²) in [6.45, 7) is 10.0. The molecular formula is C15H30N2O. The van der Waals surface area contributed by atoms with Gasteiger partial charge in [0.25, 0.3) is 0 Å². The van der Waals surface area contributed by atoms with Crippen LogP contribution in [0.25, 0.3) is 0 Å². The summed E-state index contributed by atoms with van der Waals surface area (Å²) in [5.41, 5.74) is 0.340. The maximum Gasteiger partial charge on any atom is 0.0658 e. The van der Waals surface area contributed by atoms with Crippen LogP contribution >= 0.6 is 0 Å². The van der Waals surface area contributed by atoms with Gasteiger partial charge in [0, 0.05) is 30.7 Å². The van der Waals surface area contributed by atoms with E-state index in [-0.39, 0.29) is 0 Å². The number of nitrogens with one attached hydrogen (secondary N) is 1. The number of likely N-dealkylation sites (N-methyl/N-ethyl adjacent to an activating group) is 1. The van der Waals surface area contributed by atoms with Crippen molar-refractivity contribution in [1.82, 2.24) is 10.2 Å². The van der Waals surface area contributed by atoms with Gasteiger partial charge in [0.2, 0.25) is 0 Å². The Labute approximate surface area is 112 Å². The van der Waals surface area contributed by atoms with Gasteiger partial charge in [-0.25, -0.2) is 0 Å². The van der Waals surface area contributed by atoms with E-state index in [1.165, 1.54) is 32.2 Å². The smallest absolute Gasteiger partial charge is 0.0658 e. The largest absolute Gasteiger partial charge is 0.378 e. The van der Waals surface area contributed by atoms with Crippen LogP contribution in [-0.4, -0.2) is 49.8 Å². The molecule has 1 heterocycles. The van der Waals surface area contributed by atoms with Gasteiger partial charge in [-0.3, -0.25) is 0 Å². The van der Waals surface area contributed by atoms with Crippen molar-refractivity contribution in [2.45, 2.75) is 64.6 Å². The second-order valence-corrected chi connectivity index (χ2v) is 6.28. The highest BCUT2D eigenvalue weighted by molar-refractivity contribution is 5.05. The van der Waals surface area contributed by atoms with Gasteiger partial charge in [-0.15, -0.1) is 0 Å². The first kappa shape index (κ1) is 14.3. The molecule has 1 saturated heterocycles. The number of rotatable bonds is 6. The molecule has 0 bridgehead atoms. The third kappa shape index (κ3) is 2.59. The molecule has 1 N–H and O–H groups in total. The van der Waals surface area contributed by atoms with Crippen LogP contribution in [0.5, 0.6) is 0 Å². The maximum atomic E-state index is 5.86. The Hall–Kier alpha value is -0.120. The number of nitrogens with zero attached hydrogens (tertiary/aromatic N) is 1. The average molecular weight is 254 g/mol. The van der Waals surface area contributed by atoms with Crippen molar-refractivity contribution in [3.63, 3.8) is 0 Å². The number of ether oxygens (including phenoxy) is 1. The Kier molecular flexibility index (Phi) is 4.68. The third-order valence-corrected chi connectivity index (χ3v) is 5.38. The predicted octanol–water partition coefficient (Wildman–Crippen LogP) is 2.26. The van der Waals surface area contributed by atoms with Crippen molar-refractivity contribution in [3.8, 4) is 0 Å². The monoisotopic (exact) mass is 254 g/mol. The lowest BCUT2D eigenvalue weighted by Gasteiger charge is -2.54. The van der Waals surface area contributed by atoms with Crippen molar-refractivity contribution < 1.29 is 4.74 Å². The quantitative estimate of drug-likeness (QED) is 0.787. The minimum Gasteiger partial charge on any atom is -0.378 e. The molecule has 2 fully saturated rings. The van der Waals surface area contributed by atoms with E-state index in [2.05, 4.69) is 38.0 Å². The highest BCUT2D eigenvalue weighted by Crippen LogP contribution is 2.45. The summed E-state index contributed by atoms with van der Waals surface area (Å²) in [6.07, 6.45) is 5.57. The molecule has 4 unspecified atom stereocenters. The zero-order valence-corrected chi connectivity index (χ0v) is 12.5. The van der Waals surface area contributed by atoms with Gasteiger partial charge < -0.3 is 15.0 Å². The van der Waals surface area contributed by atoms with Crippen molar-refractivity contribution in [2.75, 3.05) is 26.7 Å². The Balaban J connectivity index is 1.80. The summed E-state index contributed by atoms with van der Waals surface area (Å²) in [4.78, 5) is 2.50. The van der Waals surface area contributed by atoms with Gasteiger partial charge in [-0.2, -0.15) is 0 Å². The highest BCUT2D eigenvalue weighted by Gasteiger charge is 2.50. The molecule has 0 aromatic carbocycles. The van der Waals surface area contributed by atoms with Crippen molar-refractivity contribution in [2.24, 2.45) is 5.41 Å². The number of hydrogen-bond acceptors (Lipinski definition) is 3. The van der Waals surface area contributed by atoms with Gasteiger partial charge in [-0.1, -0.05) is 13.8 Å². The first-order valence-corrected chi connectivity index (χ1v) is 7.67. The topological polar surface area (TPSA) is 24.5 Å². The first-order valence-electron chi connectivity index (χ1n) is 7.67. The minimum atomic E-state index is 0.340. The molecule has 0 aromatic rings. The molecule has 0 aromatic heterocycles. The van der Waals surface area contributed by atoms with Crippen LogP contribution in [0.4, 0.5) is 0 Å². The SMILES string of the molecule is CCOC1CC(NCC2CCCN2C)C1(C)CC. The zero-order valence-electron chi connectivity index (χ0n) is 12.5. The Morgan fingerprint density at radius 1 is 1.39 bits per heavy atom. The van der Waals surface area contributed by atoms with Crippen LogP contribution in [-0.2, 0) is 4.74 Å². The summed E-state index contributed by atoms with van der Waals surface area (Å²) in [6, 6.07) is 1.39. The van der Waals surface area contributed by atoms with Gasteiger partial charge in [-0.05, 0) is 46.2 Å². The van der Waals surface area contributed by atoms with E-state index in [9.17, 15) is 0 Å². The lowest BCUT2D eigenvalue weighted by atomic mass is 9.61. The van der Waals surface area contributed by atoms with Crippen molar-refractivity contribution in [1.29, 1.82) is 0 Å². The van der Waals surface area contributed by atoms with Gasteiger partial charge in [0.1, 0.15) is 0 Å². The molecule has 1 saturated carbocycles. The third-order valence-electron chi connectivity index (χ3n) is 5.38. The van der Waals surface area contributed by atoms with E-state index in [1.807, 2.05) is 0 Å². The first-order chi connectivity index (χ1) is 8.61. The molecule has 1 aliphatic heterocycles. The molecule has 18 heavy (non-hydrogen) atoms. The Bertz CT molecular complexity index is 271. The van der Waals surface area contributed by atoms with Gasteiger partial charge >= 0.3 is 0 Å². The summed E-state index contributed by atoms with van der Waals surface area (Å²) in [7, 11) is 2.25. The lowest BCUT2D eigenvalue weighted by molar-refractivity contribution is -0.126. The van der Waals surface area contributed by atoms with E-state index >= 15 is 0 Å². The van der Waals surface area contributed by atoms with Crippen molar-refractivity contribution in [3.05, 3.63) is 0 Å². The van der Waals surface area contributed by atoms with Crippen LogP contribution in [0.1, 0.15) is 46.5 Å². The fourth-order valence-corrected chi connectivity index (χ4v) is 3.58. The lowest BCUT2D eigenvalue weighted by Crippen LogP contribution is -2.63. The highest BCUT2D eigenvalue weighted by atomic mass is 16.5. The number of likely N-dealkylation sites (tertiary alicyclic amines) is 1. The van der Waals surface area contributed by atoms with Crippen molar-refractivity contribution >= 4 is 0 Å². The zero-order chi connectivity index (χ0) is 13.2. The summed E-state index contributed by atoms with van der Waals surface area (Å²) in [5.74, 6) is 0. The average Bonchev–Trinajstić information content (AvgIpc) is 2.77. The van der Waals surface area contributed by atoms with Gasteiger partial charge in [0.05, 0.1) is 6.10 Å². The molecule has 3 nitrogen and oxygen atoms in total. The summed E-state index contributed by atoms with van der Waals surface area (Å²) < 4.78 is 5.86. The molecule has 0 spiro atoms. The molecular weight excluding hydrogens is 224 g/mol. The molecule has 2 aliphatic rings. The molecule has 4 atom stereocenters. The van der Waals surface area contributed by atoms with E-state index in [1.54, 1.807) is 0 Å². The molecule has 0 amide bonds. The maximum absolute atomic E-state index is 5.86. The van der Waals surface area contributed by atoms with E-state index < -0.39 is 0 Å². The fraction of sp³-hybridized carbons (Fsp3) is 1.00. The summed E-state index contributed by atoms with van der Waals surface area (Å²) >= 11 is 0. The molecule has 1 aliphatic carbocycles. The van der Waals surface area contributed by atoms with E-state index in [0.29, 0.717) is 17.6 Å². The summed E-state index contributed by atoms with van der Waals surface area (Å²) in [5, 5.41) is 3.80. The standard InChI is InChI=1S/C15H30N2O/c1-5-15(3)13(10-14(15)18-6-2)16-11-12-8-7-9-17(12)4/h12-14,16H,5-11H2,1-4H3. The normalized spacial score (nSPS) is 41.0. The van der Waals surface area contributed by atoms with Crippen LogP contribution in [0.3, 0.4) is 0 Å². The van der Waals surface area contributed by atoms with Crippen LogP contribution in [0.15, 0.2) is 0 Å².